The molecule has 0 aliphatic rings. The van der Waals surface area contributed by atoms with Gasteiger partial charge in [0.15, 0.2) is 5.60 Å². The molecule has 0 unspecified atom stereocenters. The molecule has 15 nitrogen and oxygen atoms in total. The molecular formula is C6H10Cl4CuKO15S2Sm. The van der Waals surface area contributed by atoms with E-state index in [0.29, 0.717) is 0 Å². The van der Waals surface area contributed by atoms with Gasteiger partial charge in [0, 0.05) is 10.4 Å². The van der Waals surface area contributed by atoms with Crippen molar-refractivity contribution in [3.05, 3.63) is 0 Å². The Morgan fingerprint density at radius 1 is 0.767 bits per heavy atom. The first kappa shape index (κ1) is 63.8. The molecule has 0 amide bonds. The van der Waals surface area contributed by atoms with Crippen LogP contribution in [0.5, 0.6) is 0 Å². The van der Waals surface area contributed by atoms with E-state index in [4.69, 9.17) is 55.5 Å². The number of rotatable bonds is 5. The van der Waals surface area contributed by atoms with Gasteiger partial charge in [-0.25, -0.2) is 4.79 Å². The Balaban J connectivity index is -0.0000000256. The third-order valence-electron chi connectivity index (χ3n) is 1.29. The number of aliphatic hydroxyl groups is 1. The van der Waals surface area contributed by atoms with Crippen molar-refractivity contribution < 1.29 is 228 Å². The van der Waals surface area contributed by atoms with Crippen LogP contribution in [0.3, 0.4) is 0 Å². The Labute approximate surface area is 280 Å². The van der Waals surface area contributed by atoms with Gasteiger partial charge in [-0.2, -0.15) is 8.42 Å². The number of hydrogen-bond acceptors (Lipinski definition) is 10. The summed E-state index contributed by atoms with van der Waals surface area (Å²) in [5.41, 5.74) is -2.74. The van der Waals surface area contributed by atoms with E-state index in [0.717, 1.165) is 0 Å². The Bertz CT molecular complexity index is 586. The number of aliphatic carboxylic acids is 3. The maximum absolute atomic E-state index is 10.3. The summed E-state index contributed by atoms with van der Waals surface area (Å²) in [6.45, 7) is 0. The minimum atomic E-state index is -5.17. The van der Waals surface area contributed by atoms with Gasteiger partial charge in [-0.05, 0) is 0 Å². The van der Waals surface area contributed by atoms with Gasteiger partial charge in [0.1, 0.15) is 0 Å². The molecule has 0 aromatic heterocycles. The molecule has 0 fully saturated rings. The fourth-order valence-corrected chi connectivity index (χ4v) is 0.714. The number of carbonyl (C=O) groups is 3. The van der Waals surface area contributed by atoms with Crippen LogP contribution in [0.15, 0.2) is 0 Å². The first-order valence-corrected chi connectivity index (χ1v) is 7.27. The van der Waals surface area contributed by atoms with Crippen LogP contribution in [0.2, 0.25) is 0 Å². The molecule has 6 N–H and O–H groups in total. The van der Waals surface area contributed by atoms with Gasteiger partial charge in [-0.15, -0.1) is 0 Å². The monoisotopic (exact) mass is 780 g/mol. The third kappa shape index (κ3) is 77.4. The van der Waals surface area contributed by atoms with E-state index in [9.17, 15) is 14.4 Å². The summed E-state index contributed by atoms with van der Waals surface area (Å²) in [5.74, 6) is -5.02. The van der Waals surface area contributed by atoms with Crippen molar-refractivity contribution in [2.24, 2.45) is 0 Å². The Morgan fingerprint density at radius 3 is 0.967 bits per heavy atom. The SMILES string of the molecule is O=C(O)CC(O)(CC(=O)O)C(=O)O.O=S(=O)(O)O.O=S(=O)([O-])[O-].[Cl-].[Cl-].[Cl-].[Cl-].[Cu+2].[K+].[Sm+3]. The summed E-state index contributed by atoms with van der Waals surface area (Å²) < 4.78 is 65.7. The van der Waals surface area contributed by atoms with Gasteiger partial charge < -0.3 is 79.2 Å². The molecule has 0 rings (SSSR count). The molecule has 0 heterocycles. The van der Waals surface area contributed by atoms with Crippen LogP contribution in [0.4, 0.5) is 0 Å². The van der Waals surface area contributed by atoms with E-state index in [1.807, 2.05) is 0 Å². The normalized spacial score (nSPS) is 8.57. The fraction of sp³-hybridized carbons (Fsp3) is 0.500. The molecule has 0 aromatic carbocycles. The minimum absolute atomic E-state index is 0. The zero-order chi connectivity index (χ0) is 19.6. The third-order valence-corrected chi connectivity index (χ3v) is 1.29. The summed E-state index contributed by atoms with van der Waals surface area (Å²) >= 11 is 0. The maximum atomic E-state index is 10.3. The summed E-state index contributed by atoms with van der Waals surface area (Å²) in [7, 11) is -9.83. The zero-order valence-electron chi connectivity index (χ0n) is 13.8. The molecule has 0 atom stereocenters. The molecule has 24 heteroatoms. The summed E-state index contributed by atoms with van der Waals surface area (Å²) in [4.78, 5) is 30.5. The van der Waals surface area contributed by atoms with E-state index in [1.165, 1.54) is 0 Å². The molecule has 0 saturated heterocycles. The quantitative estimate of drug-likeness (QED) is 0.0858. The summed E-state index contributed by atoms with van der Waals surface area (Å²) in [6.07, 6.45) is -2.29. The smallest absolute Gasteiger partial charge is 1.00 e. The predicted molar refractivity (Wildman–Crippen MR) is 61.7 cm³/mol. The van der Waals surface area contributed by atoms with Crippen molar-refractivity contribution >= 4 is 38.7 Å². The molecule has 0 saturated carbocycles. The van der Waals surface area contributed by atoms with Gasteiger partial charge in [-0.1, -0.05) is 0 Å². The molecule has 30 heavy (non-hydrogen) atoms. The van der Waals surface area contributed by atoms with Crippen LogP contribution in [0, 0.1) is 40.4 Å². The fourth-order valence-electron chi connectivity index (χ4n) is 0.714. The number of carboxylic acid groups (broad SMARTS) is 3. The topological polar surface area (TPSA) is 287 Å². The van der Waals surface area contributed by atoms with Crippen LogP contribution >= 0.6 is 0 Å². The zero-order valence-corrected chi connectivity index (χ0v) is 25.2. The Kier molecular flexibility index (Phi) is 63.4. The second-order valence-corrected chi connectivity index (χ2v) is 5.05. The van der Waals surface area contributed by atoms with Crippen molar-refractivity contribution in [2.45, 2.75) is 18.4 Å². The second kappa shape index (κ2) is 29.8. The van der Waals surface area contributed by atoms with E-state index in [-0.39, 0.29) is 158 Å². The number of carboxylic acids is 3. The van der Waals surface area contributed by atoms with Crippen molar-refractivity contribution in [3.63, 3.8) is 0 Å². The average molecular weight is 781 g/mol. The Hall–Kier alpha value is 2.76. The summed E-state index contributed by atoms with van der Waals surface area (Å²) in [6, 6.07) is 0. The van der Waals surface area contributed by atoms with Gasteiger partial charge in [0.2, 0.25) is 0 Å². The van der Waals surface area contributed by atoms with Crippen molar-refractivity contribution in [2.75, 3.05) is 0 Å². The van der Waals surface area contributed by atoms with Crippen molar-refractivity contribution in [1.29, 1.82) is 0 Å². The van der Waals surface area contributed by atoms with Crippen LogP contribution in [-0.4, -0.2) is 79.0 Å². The van der Waals surface area contributed by atoms with E-state index >= 15 is 0 Å². The van der Waals surface area contributed by atoms with Crippen LogP contribution in [0.1, 0.15) is 12.8 Å². The van der Waals surface area contributed by atoms with Crippen LogP contribution < -0.4 is 101 Å². The number of halogens is 4. The Morgan fingerprint density at radius 2 is 0.900 bits per heavy atom. The predicted octanol–water partition coefficient (Wildman–Crippen LogP) is -18.2. The first-order valence-electron chi connectivity index (χ1n) is 4.54. The molecule has 0 spiro atoms. The van der Waals surface area contributed by atoms with Crippen molar-refractivity contribution in [1.82, 2.24) is 0 Å². The molecule has 0 aliphatic carbocycles. The van der Waals surface area contributed by atoms with E-state index in [2.05, 4.69) is 0 Å². The molecule has 2 radical (unpaired) electrons. The minimum Gasteiger partial charge on any atom is -1.00 e. The van der Waals surface area contributed by atoms with Crippen molar-refractivity contribution in [3.8, 4) is 0 Å². The average Bonchev–Trinajstić information content (AvgIpc) is 2.07. The molecule has 0 bridgehead atoms. The maximum Gasteiger partial charge on any atom is 3.00 e. The van der Waals surface area contributed by atoms with Gasteiger partial charge in [0.05, 0.1) is 12.8 Å². The van der Waals surface area contributed by atoms with Crippen LogP contribution in [0.25, 0.3) is 0 Å². The van der Waals surface area contributed by atoms with Crippen LogP contribution in [-0.2, 0) is 52.3 Å². The molecular weight excluding hydrogens is 771 g/mol. The summed E-state index contributed by atoms with van der Waals surface area (Å²) in [5, 5.41) is 33.8. The molecule has 0 aliphatic heterocycles. The van der Waals surface area contributed by atoms with E-state index in [1.54, 1.807) is 0 Å². The van der Waals surface area contributed by atoms with Gasteiger partial charge in [-0.3, -0.25) is 27.1 Å². The standard InChI is InChI=1S/C6H8O7.4ClH.Cu.K.2H2O4S.Sm/c7-3(8)1-6(13,5(11)12)2-4(9)10;;;;;;;2*1-5(2,3)4;/h13H,1-2H2,(H,7,8)(H,9,10)(H,11,12);4*1H;;;2*(H2,1,2,3,4);/q;;;;;+2;+1;;;+3/p-6. The van der Waals surface area contributed by atoms with Gasteiger partial charge >= 0.3 is 137 Å². The molecule has 0 aromatic rings. The second-order valence-electron chi connectivity index (χ2n) is 3.33. The van der Waals surface area contributed by atoms with E-state index < -0.39 is 57.1 Å². The first-order chi connectivity index (χ1) is 9.78. The van der Waals surface area contributed by atoms with Gasteiger partial charge in [0.25, 0.3) is 0 Å². The molecule has 182 valence electrons. The number of hydrogen-bond donors (Lipinski definition) is 6. The largest absolute Gasteiger partial charge is 3.00 e.